The highest BCUT2D eigenvalue weighted by molar-refractivity contribution is 5.50. The Hall–Kier alpha value is -3.24. The van der Waals surface area contributed by atoms with Crippen molar-refractivity contribution in [3.63, 3.8) is 0 Å². The molecule has 1 aliphatic rings. The van der Waals surface area contributed by atoms with Crippen LogP contribution in [0.5, 0.6) is 11.5 Å². The molecule has 0 unspecified atom stereocenters. The van der Waals surface area contributed by atoms with Gasteiger partial charge in [-0.1, -0.05) is 11.1 Å². The highest BCUT2D eigenvalue weighted by atomic mass is 16.6. The monoisotopic (exact) mass is 419 g/mol. The van der Waals surface area contributed by atoms with Gasteiger partial charge in [0.05, 0.1) is 54.3 Å². The fraction of sp³-hybridized carbons (Fsp3) is 0.444. The molecule has 0 spiro atoms. The molecule has 2 heterocycles. The van der Waals surface area contributed by atoms with Gasteiger partial charge in [0.1, 0.15) is 19.0 Å². The summed E-state index contributed by atoms with van der Waals surface area (Å²) in [5, 5.41) is 51.2. The Morgan fingerprint density at radius 3 is 2.73 bits per heavy atom. The van der Waals surface area contributed by atoms with Crippen molar-refractivity contribution in [1.29, 1.82) is 0 Å². The standard InChI is InChI=1S/C18H21N5O7/c1-2-5-29-12-3-4-15(23(27)28)16(6-12)30-10-11-7-19-21-22(11)8-13-17(25)18(26)14(9-24)20-13/h1,3-4,6-7,13-14,17-18,20,24-26H,5,8-10H2/t13-,14-,17-,18-/m1/s1. The molecule has 0 aliphatic carbocycles. The number of nitrogens with zero attached hydrogens (tertiary/aromatic N) is 4. The summed E-state index contributed by atoms with van der Waals surface area (Å²) in [7, 11) is 0. The molecule has 12 heteroatoms. The first-order valence-corrected chi connectivity index (χ1v) is 9.02. The van der Waals surface area contributed by atoms with Crippen molar-refractivity contribution in [2.24, 2.45) is 0 Å². The van der Waals surface area contributed by atoms with Crippen molar-refractivity contribution in [2.75, 3.05) is 13.2 Å². The van der Waals surface area contributed by atoms with Gasteiger partial charge in [-0.2, -0.15) is 0 Å². The van der Waals surface area contributed by atoms with Crippen molar-refractivity contribution >= 4 is 5.69 Å². The Morgan fingerprint density at radius 1 is 1.30 bits per heavy atom. The Labute approximate surface area is 171 Å². The fourth-order valence-electron chi connectivity index (χ4n) is 3.13. The van der Waals surface area contributed by atoms with Crippen molar-refractivity contribution in [1.82, 2.24) is 20.3 Å². The van der Waals surface area contributed by atoms with Crippen LogP contribution in [-0.4, -0.2) is 72.7 Å². The zero-order valence-electron chi connectivity index (χ0n) is 15.8. The quantitative estimate of drug-likeness (QED) is 0.221. The number of hydrogen-bond donors (Lipinski definition) is 4. The van der Waals surface area contributed by atoms with E-state index >= 15 is 0 Å². The third kappa shape index (κ3) is 4.66. The van der Waals surface area contributed by atoms with Crippen LogP contribution in [0.25, 0.3) is 0 Å². The second kappa shape index (κ2) is 9.51. The summed E-state index contributed by atoms with van der Waals surface area (Å²) in [6, 6.07) is 2.82. The summed E-state index contributed by atoms with van der Waals surface area (Å²) < 4.78 is 12.3. The molecule has 1 fully saturated rings. The number of aromatic nitrogens is 3. The molecule has 4 atom stereocenters. The first-order valence-electron chi connectivity index (χ1n) is 9.02. The molecule has 1 aromatic heterocycles. The summed E-state index contributed by atoms with van der Waals surface area (Å²) in [6.07, 6.45) is 4.35. The molecule has 2 aromatic rings. The van der Waals surface area contributed by atoms with E-state index in [9.17, 15) is 25.4 Å². The number of rotatable bonds is 9. The third-order valence-corrected chi connectivity index (χ3v) is 4.69. The van der Waals surface area contributed by atoms with E-state index in [1.165, 1.54) is 29.1 Å². The van der Waals surface area contributed by atoms with E-state index in [2.05, 4.69) is 21.5 Å². The largest absolute Gasteiger partial charge is 0.481 e. The molecule has 12 nitrogen and oxygen atoms in total. The topological polar surface area (TPSA) is 165 Å². The average molecular weight is 419 g/mol. The molecule has 0 saturated carbocycles. The van der Waals surface area contributed by atoms with Crippen LogP contribution in [0.3, 0.4) is 0 Å². The van der Waals surface area contributed by atoms with Crippen molar-refractivity contribution in [3.8, 4) is 23.8 Å². The maximum Gasteiger partial charge on any atom is 0.311 e. The van der Waals surface area contributed by atoms with Gasteiger partial charge in [0.2, 0.25) is 5.75 Å². The third-order valence-electron chi connectivity index (χ3n) is 4.69. The lowest BCUT2D eigenvalue weighted by Crippen LogP contribution is -2.38. The number of nitrogens with one attached hydrogen (secondary N) is 1. The van der Waals surface area contributed by atoms with Crippen molar-refractivity contribution in [2.45, 2.75) is 37.4 Å². The lowest BCUT2D eigenvalue weighted by atomic mass is 10.1. The molecule has 0 amide bonds. The predicted octanol–water partition coefficient (Wildman–Crippen LogP) is -1.17. The van der Waals surface area contributed by atoms with Gasteiger partial charge in [0, 0.05) is 12.1 Å². The second-order valence-corrected chi connectivity index (χ2v) is 6.62. The molecule has 4 N–H and O–H groups in total. The van der Waals surface area contributed by atoms with E-state index in [0.29, 0.717) is 11.4 Å². The number of benzene rings is 1. The molecule has 0 radical (unpaired) electrons. The van der Waals surface area contributed by atoms with Crippen LogP contribution >= 0.6 is 0 Å². The van der Waals surface area contributed by atoms with Gasteiger partial charge in [0.25, 0.3) is 0 Å². The van der Waals surface area contributed by atoms with E-state index < -0.39 is 29.2 Å². The van der Waals surface area contributed by atoms with E-state index in [4.69, 9.17) is 15.9 Å². The zero-order chi connectivity index (χ0) is 21.7. The minimum absolute atomic E-state index is 0.00530. The summed E-state index contributed by atoms with van der Waals surface area (Å²) >= 11 is 0. The van der Waals surface area contributed by atoms with E-state index in [0.717, 1.165) is 0 Å². The molecule has 160 valence electrons. The van der Waals surface area contributed by atoms with E-state index in [-0.39, 0.29) is 37.8 Å². The minimum Gasteiger partial charge on any atom is -0.481 e. The maximum atomic E-state index is 11.3. The molecular weight excluding hydrogens is 398 g/mol. The van der Waals surface area contributed by atoms with Crippen molar-refractivity contribution < 1.29 is 29.7 Å². The van der Waals surface area contributed by atoms with Gasteiger partial charge >= 0.3 is 5.69 Å². The van der Waals surface area contributed by atoms with Crippen LogP contribution in [0.2, 0.25) is 0 Å². The molecular formula is C18H21N5O7. The summed E-state index contributed by atoms with van der Waals surface area (Å²) in [5.41, 5.74) is 0.235. The van der Waals surface area contributed by atoms with Gasteiger partial charge < -0.3 is 30.1 Å². The van der Waals surface area contributed by atoms with Crippen LogP contribution in [0.4, 0.5) is 5.69 Å². The van der Waals surface area contributed by atoms with Gasteiger partial charge in [-0.25, -0.2) is 4.68 Å². The highest BCUT2D eigenvalue weighted by Crippen LogP contribution is 2.31. The van der Waals surface area contributed by atoms with Gasteiger partial charge in [0.15, 0.2) is 0 Å². The van der Waals surface area contributed by atoms with E-state index in [1.807, 2.05) is 0 Å². The van der Waals surface area contributed by atoms with Crippen LogP contribution < -0.4 is 14.8 Å². The molecule has 1 aliphatic heterocycles. The van der Waals surface area contributed by atoms with Crippen LogP contribution in [0, 0.1) is 22.5 Å². The molecule has 1 aromatic carbocycles. The van der Waals surface area contributed by atoms with Gasteiger partial charge in [-0.15, -0.1) is 11.5 Å². The second-order valence-electron chi connectivity index (χ2n) is 6.62. The minimum atomic E-state index is -1.11. The van der Waals surface area contributed by atoms with Crippen LogP contribution in [0.15, 0.2) is 24.4 Å². The fourth-order valence-corrected chi connectivity index (χ4v) is 3.13. The van der Waals surface area contributed by atoms with Gasteiger partial charge in [-0.05, 0) is 6.07 Å². The SMILES string of the molecule is C#CCOc1ccc([N+](=O)[O-])c(OCc2cnnn2C[C@H]2N[C@H](CO)[C@@H](O)[C@@H]2O)c1. The highest BCUT2D eigenvalue weighted by Gasteiger charge is 2.40. The van der Waals surface area contributed by atoms with E-state index in [1.54, 1.807) is 0 Å². The van der Waals surface area contributed by atoms with Gasteiger partial charge in [-0.3, -0.25) is 10.1 Å². The zero-order valence-corrected chi connectivity index (χ0v) is 15.8. The number of terminal acetylenes is 1. The Bertz CT molecular complexity index is 928. The summed E-state index contributed by atoms with van der Waals surface area (Å²) in [6.45, 7) is -0.281. The molecule has 0 bridgehead atoms. The lowest BCUT2D eigenvalue weighted by molar-refractivity contribution is -0.386. The maximum absolute atomic E-state index is 11.3. The first kappa shape index (κ1) is 21.5. The lowest BCUT2D eigenvalue weighted by Gasteiger charge is -2.17. The normalized spacial score (nSPS) is 23.1. The van der Waals surface area contributed by atoms with Crippen LogP contribution in [-0.2, 0) is 13.2 Å². The number of hydrogen-bond acceptors (Lipinski definition) is 10. The smallest absolute Gasteiger partial charge is 0.311 e. The average Bonchev–Trinajstić information content (AvgIpc) is 3.29. The molecule has 30 heavy (non-hydrogen) atoms. The predicted molar refractivity (Wildman–Crippen MR) is 102 cm³/mol. The Morgan fingerprint density at radius 2 is 2.07 bits per heavy atom. The Kier molecular flexibility index (Phi) is 6.80. The number of aliphatic hydroxyl groups excluding tert-OH is 3. The summed E-state index contributed by atoms with van der Waals surface area (Å²) in [4.78, 5) is 10.7. The molecule has 3 rings (SSSR count). The molecule has 1 saturated heterocycles. The number of aliphatic hydroxyl groups is 3. The van der Waals surface area contributed by atoms with Crippen LogP contribution in [0.1, 0.15) is 5.69 Å². The number of nitro benzene ring substituents is 1. The Balaban J connectivity index is 1.71. The first-order chi connectivity index (χ1) is 14.4. The number of ether oxygens (including phenoxy) is 2. The summed E-state index contributed by atoms with van der Waals surface area (Å²) in [5.74, 6) is 2.61. The number of nitro groups is 1. The van der Waals surface area contributed by atoms with Crippen molar-refractivity contribution in [3.05, 3.63) is 40.2 Å².